The van der Waals surface area contributed by atoms with Gasteiger partial charge in [0.15, 0.2) is 5.56 Å². The van der Waals surface area contributed by atoms with E-state index in [9.17, 15) is 15.3 Å². The van der Waals surface area contributed by atoms with E-state index in [0.29, 0.717) is 25.0 Å². The number of fused-ring (bicyclic) bond motifs is 6. The topological polar surface area (TPSA) is 126 Å². The van der Waals surface area contributed by atoms with Crippen molar-refractivity contribution >= 4 is 57.3 Å². The van der Waals surface area contributed by atoms with Crippen LogP contribution in [0.4, 0.5) is 0 Å². The summed E-state index contributed by atoms with van der Waals surface area (Å²) in [5.41, 5.74) is 7.79. The first-order valence-corrected chi connectivity index (χ1v) is 25.9. The van der Waals surface area contributed by atoms with Gasteiger partial charge in [-0.2, -0.15) is 0 Å². The fraction of sp³-hybridized carbons (Fsp3) is 0.292. The number of aliphatic hydroxyl groups is 1. The van der Waals surface area contributed by atoms with E-state index in [1.54, 1.807) is 14.2 Å². The molecule has 0 unspecified atom stereocenters. The van der Waals surface area contributed by atoms with Gasteiger partial charge >= 0.3 is 0 Å². The number of rotatable bonds is 19. The SMILES string of the molecule is COc1ccc(C(OCCCCCC2=c3c([nH]c4ccccc34)=CC(C)(C)C2=C[c+]2c([O-])c(C(CCCCCO)=C3C=c4c([nH]c5ccccc45)=CC3(C)C)[c+]2[O-])(c2ccccc2)c2ccc(OC)cc2)cc1. The van der Waals surface area contributed by atoms with Crippen molar-refractivity contribution < 1.29 is 29.5 Å². The van der Waals surface area contributed by atoms with Crippen LogP contribution in [0.1, 0.15) is 107 Å². The summed E-state index contributed by atoms with van der Waals surface area (Å²) in [4.78, 5) is 7.30. The predicted molar refractivity (Wildman–Crippen MR) is 293 cm³/mol. The molecule has 2 heterocycles. The van der Waals surface area contributed by atoms with Crippen molar-refractivity contribution in [3.63, 3.8) is 0 Å². The Kier molecular flexibility index (Phi) is 13.7. The summed E-state index contributed by atoms with van der Waals surface area (Å²) in [5.74, 6) is 1.16. The van der Waals surface area contributed by atoms with E-state index < -0.39 is 16.4 Å². The van der Waals surface area contributed by atoms with Crippen molar-refractivity contribution in [3.05, 3.63) is 187 Å². The number of aliphatic hydroxyl groups excluding tert-OH is 1. The number of hydrogen-bond donors (Lipinski definition) is 3. The first-order valence-electron chi connectivity index (χ1n) is 25.9. The average molecular weight is 971 g/mol. The number of benzene rings is 5. The number of aromatic amines is 2. The fourth-order valence-corrected chi connectivity index (χ4v) is 11.6. The van der Waals surface area contributed by atoms with Gasteiger partial charge in [-0.25, -0.2) is 0 Å². The Labute approximate surface area is 428 Å². The monoisotopic (exact) mass is 970 g/mol. The molecule has 8 nitrogen and oxygen atoms in total. The summed E-state index contributed by atoms with van der Waals surface area (Å²) in [6.07, 6.45) is 14.7. The summed E-state index contributed by atoms with van der Waals surface area (Å²) < 4.78 is 18.4. The Morgan fingerprint density at radius 2 is 1.23 bits per heavy atom. The molecule has 3 N–H and O–H groups in total. The van der Waals surface area contributed by atoms with E-state index in [4.69, 9.17) is 14.2 Å². The second kappa shape index (κ2) is 20.3. The molecule has 0 bridgehead atoms. The number of methoxy groups -OCH3 is 2. The minimum atomic E-state index is -0.904. The summed E-state index contributed by atoms with van der Waals surface area (Å²) in [5, 5.41) is 45.9. The van der Waals surface area contributed by atoms with Gasteiger partial charge < -0.3 is 39.5 Å². The lowest BCUT2D eigenvalue weighted by Crippen LogP contribution is -2.36. The van der Waals surface area contributed by atoms with Crippen LogP contribution in [0.25, 0.3) is 57.3 Å². The third kappa shape index (κ3) is 9.17. The lowest BCUT2D eigenvalue weighted by Gasteiger charge is -2.36. The second-order valence-corrected chi connectivity index (χ2v) is 20.9. The molecule has 0 amide bonds. The number of unbranched alkanes of at least 4 members (excludes halogenated alkanes) is 4. The molecule has 10 rings (SSSR count). The molecular weight excluding hydrogens is 905 g/mol. The molecule has 2 aliphatic carbocycles. The van der Waals surface area contributed by atoms with Crippen molar-refractivity contribution in [1.29, 1.82) is 0 Å². The number of allylic oxidation sites excluding steroid dienone is 3. The number of ether oxygens (including phenoxy) is 3. The minimum Gasteiger partial charge on any atom is -0.820 e. The van der Waals surface area contributed by atoms with Crippen molar-refractivity contribution in [1.82, 2.24) is 9.97 Å². The van der Waals surface area contributed by atoms with Crippen LogP contribution < -0.4 is 40.8 Å². The molecule has 73 heavy (non-hydrogen) atoms. The van der Waals surface area contributed by atoms with Crippen LogP contribution in [0, 0.1) is 10.8 Å². The Morgan fingerprint density at radius 1 is 0.658 bits per heavy atom. The predicted octanol–water partition coefficient (Wildman–Crippen LogP) is 10.5. The molecule has 372 valence electrons. The largest absolute Gasteiger partial charge is 0.820 e. The number of aromatic nitrogens is 2. The molecule has 2 aliphatic rings. The maximum Gasteiger partial charge on any atom is 0.152 e. The zero-order chi connectivity index (χ0) is 50.9. The molecule has 0 atom stereocenters. The molecule has 8 heteroatoms. The highest BCUT2D eigenvalue weighted by Gasteiger charge is 2.40. The summed E-state index contributed by atoms with van der Waals surface area (Å²) in [6, 6.07) is 43.3. The highest BCUT2D eigenvalue weighted by molar-refractivity contribution is 5.97. The Hall–Kier alpha value is -7.26. The lowest BCUT2D eigenvalue weighted by atomic mass is 9.72. The van der Waals surface area contributed by atoms with Crippen LogP contribution in [0.2, 0.25) is 0 Å². The third-order valence-electron chi connectivity index (χ3n) is 15.3. The van der Waals surface area contributed by atoms with E-state index >= 15 is 0 Å². The summed E-state index contributed by atoms with van der Waals surface area (Å²) in [7, 11) is 3.35. The normalized spacial score (nSPS) is 16.2. The average Bonchev–Trinajstić information content (AvgIpc) is 3.95. The van der Waals surface area contributed by atoms with Crippen molar-refractivity contribution in [2.24, 2.45) is 10.8 Å². The van der Waals surface area contributed by atoms with E-state index in [2.05, 4.69) is 141 Å². The van der Waals surface area contributed by atoms with Gasteiger partial charge in [0.05, 0.1) is 48.4 Å². The smallest absolute Gasteiger partial charge is 0.152 e. The summed E-state index contributed by atoms with van der Waals surface area (Å²) in [6.45, 7) is 9.30. The standard InChI is InChI=1S/C65H66N2O6/c1-63(2)40-57-51(47-22-14-16-26-55(47)66-57)38-53(63)49(24-12-8-18-36-68)60-61(69)52(62(60)70)39-54-48(59-50-25-15-17-27-56(50)67-58(59)41-64(54,3)4)23-13-9-19-37-73-65(42-20-10-7-11-21-42,43-28-32-45(71-5)33-29-43)44-30-34-46(72-6)35-31-44/h7,10-11,14-17,20-22,25-35,38-41,66-68H,8-9,12-13,18-19,23-24,36-37H2,1-6H3. The maximum absolute atomic E-state index is 14.9. The van der Waals surface area contributed by atoms with Gasteiger partial charge in [-0.15, -0.1) is 0 Å². The molecule has 0 fully saturated rings. The Balaban J connectivity index is 0.989. The Bertz CT molecular complexity index is 3530. The minimum absolute atomic E-state index is 0.109. The van der Waals surface area contributed by atoms with Gasteiger partial charge in [0.1, 0.15) is 22.7 Å². The maximum atomic E-state index is 14.9. The zero-order valence-corrected chi connectivity index (χ0v) is 43.0. The van der Waals surface area contributed by atoms with Crippen molar-refractivity contribution in [2.45, 2.75) is 84.7 Å². The van der Waals surface area contributed by atoms with Crippen LogP contribution in [0.15, 0.2) is 139 Å². The molecule has 0 aliphatic heterocycles. The van der Waals surface area contributed by atoms with Crippen LogP contribution in [0.5, 0.6) is 23.0 Å². The molecule has 2 aromatic heterocycles. The zero-order valence-electron chi connectivity index (χ0n) is 43.0. The number of hydrogen-bond acceptors (Lipinski definition) is 6. The van der Waals surface area contributed by atoms with Crippen LogP contribution in [-0.2, 0) is 10.3 Å². The highest BCUT2D eigenvalue weighted by Crippen LogP contribution is 2.52. The van der Waals surface area contributed by atoms with Gasteiger partial charge in [0.2, 0.25) is 0 Å². The van der Waals surface area contributed by atoms with Crippen molar-refractivity contribution in [3.8, 4) is 23.0 Å². The number of H-pyrrole nitrogens is 2. The molecule has 8 aromatic rings. The summed E-state index contributed by atoms with van der Waals surface area (Å²) >= 11 is 0. The van der Waals surface area contributed by atoms with Gasteiger partial charge in [-0.3, -0.25) is 0 Å². The van der Waals surface area contributed by atoms with Gasteiger partial charge in [0.25, 0.3) is 0 Å². The van der Waals surface area contributed by atoms with E-state index in [1.165, 1.54) is 0 Å². The van der Waals surface area contributed by atoms with Crippen LogP contribution in [-0.4, -0.2) is 42.5 Å². The van der Waals surface area contributed by atoms with Gasteiger partial charge in [-0.1, -0.05) is 118 Å². The molecular formula is C65H66N2O6. The van der Waals surface area contributed by atoms with Crippen LogP contribution in [0.3, 0.4) is 0 Å². The molecule has 0 saturated carbocycles. The Morgan fingerprint density at radius 3 is 1.88 bits per heavy atom. The number of para-hydroxylation sites is 2. The van der Waals surface area contributed by atoms with Gasteiger partial charge in [-0.05, 0) is 117 Å². The highest BCUT2D eigenvalue weighted by atomic mass is 16.5. The first kappa shape index (κ1) is 49.3. The lowest BCUT2D eigenvalue weighted by molar-refractivity contribution is -0.293. The first-order chi connectivity index (χ1) is 35.4. The molecule has 6 aromatic carbocycles. The van der Waals surface area contributed by atoms with E-state index in [-0.39, 0.29) is 23.7 Å². The molecule has 0 radical (unpaired) electrons. The van der Waals surface area contributed by atoms with E-state index in [0.717, 1.165) is 132 Å². The fourth-order valence-electron chi connectivity index (χ4n) is 11.6. The van der Waals surface area contributed by atoms with Crippen molar-refractivity contribution in [2.75, 3.05) is 27.4 Å². The molecule has 0 saturated heterocycles. The third-order valence-corrected chi connectivity index (χ3v) is 15.3. The molecule has 0 spiro atoms. The van der Waals surface area contributed by atoms with Gasteiger partial charge in [0, 0.05) is 79.1 Å². The van der Waals surface area contributed by atoms with Crippen LogP contribution >= 0.6 is 0 Å². The second-order valence-electron chi connectivity index (χ2n) is 20.9. The number of nitrogens with one attached hydrogen (secondary N) is 2. The van der Waals surface area contributed by atoms with E-state index in [1.807, 2.05) is 48.5 Å². The quantitative estimate of drug-likeness (QED) is 0.0421.